The van der Waals surface area contributed by atoms with Crippen molar-refractivity contribution >= 4 is 10.0 Å². The van der Waals surface area contributed by atoms with Gasteiger partial charge in [0.05, 0.1) is 0 Å². The van der Waals surface area contributed by atoms with Crippen LogP contribution in [0.15, 0.2) is 41.3 Å². The van der Waals surface area contributed by atoms with E-state index in [1.54, 1.807) is 6.07 Å². The van der Waals surface area contributed by atoms with E-state index < -0.39 is 15.8 Å². The van der Waals surface area contributed by atoms with Crippen molar-refractivity contribution in [2.45, 2.75) is 31.2 Å². The van der Waals surface area contributed by atoms with Gasteiger partial charge in [0.25, 0.3) is 0 Å². The van der Waals surface area contributed by atoms with Crippen LogP contribution in [-0.4, -0.2) is 50.8 Å². The zero-order valence-electron chi connectivity index (χ0n) is 15.7. The van der Waals surface area contributed by atoms with Crippen molar-refractivity contribution in [1.82, 2.24) is 9.21 Å². The lowest BCUT2D eigenvalue weighted by Crippen LogP contribution is -2.34. The summed E-state index contributed by atoms with van der Waals surface area (Å²) in [5.74, 6) is -0.699. The van der Waals surface area contributed by atoms with Crippen LogP contribution in [0.25, 0.3) is 11.1 Å². The molecule has 0 saturated carbocycles. The molecule has 1 aliphatic heterocycles. The fraction of sp³-hybridized carbons (Fsp3) is 0.400. The van der Waals surface area contributed by atoms with Gasteiger partial charge in [-0.05, 0) is 57.6 Å². The summed E-state index contributed by atoms with van der Waals surface area (Å²) in [5, 5.41) is 0. The lowest BCUT2D eigenvalue weighted by molar-refractivity contribution is 0.302. The average Bonchev–Trinajstić information content (AvgIpc) is 3.04. The molecule has 1 atom stereocenters. The second kappa shape index (κ2) is 7.10. The summed E-state index contributed by atoms with van der Waals surface area (Å²) in [5.41, 5.74) is 3.74. The number of halogens is 1. The molecule has 0 aliphatic carbocycles. The van der Waals surface area contributed by atoms with Crippen LogP contribution in [0.3, 0.4) is 0 Å². The number of hydrogen-bond donors (Lipinski definition) is 0. The molecule has 1 heterocycles. The molecule has 140 valence electrons. The predicted octanol–water partition coefficient (Wildman–Crippen LogP) is 3.43. The van der Waals surface area contributed by atoms with Crippen molar-refractivity contribution < 1.29 is 12.8 Å². The van der Waals surface area contributed by atoms with Crippen LogP contribution in [0.5, 0.6) is 0 Å². The second-order valence-corrected chi connectivity index (χ2v) is 9.20. The summed E-state index contributed by atoms with van der Waals surface area (Å²) >= 11 is 0. The van der Waals surface area contributed by atoms with Gasteiger partial charge in [-0.3, -0.25) is 0 Å². The summed E-state index contributed by atoms with van der Waals surface area (Å²) in [4.78, 5) is 1.76. The maximum absolute atomic E-state index is 14.7. The van der Waals surface area contributed by atoms with E-state index in [0.29, 0.717) is 18.7 Å². The first-order valence-electron chi connectivity index (χ1n) is 8.73. The standard InChI is InChI=1S/C20H25FN2O2S/c1-14-9-15(2)11-17(10-14)16-5-6-20(19(21)12-16)26(24,25)23-8-7-18(13-23)22(3)4/h5-6,9-12,18H,7-8,13H2,1-4H3/t18-/m1/s1. The number of rotatable bonds is 4. The Balaban J connectivity index is 1.92. The highest BCUT2D eigenvalue weighted by molar-refractivity contribution is 7.89. The minimum atomic E-state index is -3.82. The van der Waals surface area contributed by atoms with Crippen molar-refractivity contribution in [3.63, 3.8) is 0 Å². The van der Waals surface area contributed by atoms with Crippen molar-refractivity contribution in [2.75, 3.05) is 27.2 Å². The molecule has 0 aromatic heterocycles. The lowest BCUT2D eigenvalue weighted by Gasteiger charge is -2.20. The Bertz CT molecular complexity index is 905. The van der Waals surface area contributed by atoms with Gasteiger partial charge in [-0.2, -0.15) is 4.31 Å². The second-order valence-electron chi connectivity index (χ2n) is 7.29. The number of benzene rings is 2. The van der Waals surface area contributed by atoms with Crippen molar-refractivity contribution in [2.24, 2.45) is 0 Å². The van der Waals surface area contributed by atoms with E-state index in [1.807, 2.05) is 51.0 Å². The summed E-state index contributed by atoms with van der Waals surface area (Å²) in [6, 6.07) is 10.6. The van der Waals surface area contributed by atoms with E-state index in [9.17, 15) is 12.8 Å². The fourth-order valence-corrected chi connectivity index (χ4v) is 5.06. The molecule has 0 N–H and O–H groups in total. The van der Waals surface area contributed by atoms with Gasteiger partial charge in [0.1, 0.15) is 10.7 Å². The summed E-state index contributed by atoms with van der Waals surface area (Å²) < 4.78 is 41.8. The van der Waals surface area contributed by atoms with Gasteiger partial charge >= 0.3 is 0 Å². The Labute approximate surface area is 155 Å². The van der Waals surface area contributed by atoms with E-state index in [1.165, 1.54) is 16.4 Å². The average molecular weight is 376 g/mol. The molecule has 2 aromatic rings. The van der Waals surface area contributed by atoms with Crippen LogP contribution in [0, 0.1) is 19.7 Å². The van der Waals surface area contributed by atoms with Crippen molar-refractivity contribution in [1.29, 1.82) is 0 Å². The molecule has 26 heavy (non-hydrogen) atoms. The Kier molecular flexibility index (Phi) is 5.19. The number of sulfonamides is 1. The minimum Gasteiger partial charge on any atom is -0.305 e. The van der Waals surface area contributed by atoms with E-state index in [2.05, 4.69) is 0 Å². The highest BCUT2D eigenvalue weighted by Gasteiger charge is 2.34. The molecule has 1 saturated heterocycles. The van der Waals surface area contributed by atoms with Crippen LogP contribution >= 0.6 is 0 Å². The molecule has 4 nitrogen and oxygen atoms in total. The Morgan fingerprint density at radius 3 is 2.23 bits per heavy atom. The Hall–Kier alpha value is -1.76. The monoisotopic (exact) mass is 376 g/mol. The number of aryl methyl sites for hydroxylation is 2. The molecule has 1 aliphatic rings. The molecule has 0 unspecified atom stereocenters. The smallest absolute Gasteiger partial charge is 0.246 e. The predicted molar refractivity (Wildman–Crippen MR) is 102 cm³/mol. The van der Waals surface area contributed by atoms with Gasteiger partial charge in [0.15, 0.2) is 0 Å². The third-order valence-electron chi connectivity index (χ3n) is 4.96. The van der Waals surface area contributed by atoms with Crippen LogP contribution in [0.1, 0.15) is 17.5 Å². The molecule has 0 radical (unpaired) electrons. The summed E-state index contributed by atoms with van der Waals surface area (Å²) in [7, 11) is 0.0417. The highest BCUT2D eigenvalue weighted by atomic mass is 32.2. The summed E-state index contributed by atoms with van der Waals surface area (Å²) in [6.45, 7) is 4.79. The van der Waals surface area contributed by atoms with Gasteiger partial charge < -0.3 is 4.90 Å². The zero-order chi connectivity index (χ0) is 19.1. The van der Waals surface area contributed by atoms with Gasteiger partial charge in [-0.1, -0.05) is 35.4 Å². The molecular formula is C20H25FN2O2S. The van der Waals surface area contributed by atoms with E-state index in [0.717, 1.165) is 23.1 Å². The fourth-order valence-electron chi connectivity index (χ4n) is 3.52. The summed E-state index contributed by atoms with van der Waals surface area (Å²) in [6.07, 6.45) is 0.758. The molecule has 3 rings (SSSR count). The molecule has 1 fully saturated rings. The van der Waals surface area contributed by atoms with Gasteiger partial charge in [0, 0.05) is 19.1 Å². The molecule has 0 amide bonds. The lowest BCUT2D eigenvalue weighted by atomic mass is 10.0. The zero-order valence-corrected chi connectivity index (χ0v) is 16.5. The Morgan fingerprint density at radius 2 is 1.69 bits per heavy atom. The van der Waals surface area contributed by atoms with Crippen LogP contribution < -0.4 is 0 Å². The normalized spacial score (nSPS) is 18.6. The van der Waals surface area contributed by atoms with E-state index >= 15 is 0 Å². The number of nitrogens with zero attached hydrogens (tertiary/aromatic N) is 2. The maximum Gasteiger partial charge on any atom is 0.246 e. The van der Waals surface area contributed by atoms with Gasteiger partial charge in [-0.15, -0.1) is 0 Å². The van der Waals surface area contributed by atoms with Crippen molar-refractivity contribution in [3.05, 3.63) is 53.3 Å². The number of hydrogen-bond acceptors (Lipinski definition) is 3. The van der Waals surface area contributed by atoms with Crippen LogP contribution in [0.2, 0.25) is 0 Å². The quantitative estimate of drug-likeness (QED) is 0.821. The van der Waals surface area contributed by atoms with E-state index in [4.69, 9.17) is 0 Å². The van der Waals surface area contributed by atoms with Crippen LogP contribution in [0.4, 0.5) is 4.39 Å². The molecule has 0 bridgehead atoms. The molecular weight excluding hydrogens is 351 g/mol. The Morgan fingerprint density at radius 1 is 1.04 bits per heavy atom. The SMILES string of the molecule is Cc1cc(C)cc(-c2ccc(S(=O)(=O)N3CC[C@@H](N(C)C)C3)c(F)c2)c1. The van der Waals surface area contributed by atoms with E-state index in [-0.39, 0.29) is 10.9 Å². The first-order chi connectivity index (χ1) is 12.2. The molecule has 2 aromatic carbocycles. The molecule has 6 heteroatoms. The topological polar surface area (TPSA) is 40.6 Å². The largest absolute Gasteiger partial charge is 0.305 e. The number of likely N-dealkylation sites (N-methyl/N-ethyl adjacent to an activating group) is 1. The third-order valence-corrected chi connectivity index (χ3v) is 6.86. The maximum atomic E-state index is 14.7. The van der Waals surface area contributed by atoms with Crippen LogP contribution in [-0.2, 0) is 10.0 Å². The highest BCUT2D eigenvalue weighted by Crippen LogP contribution is 2.29. The first kappa shape index (κ1) is 19.0. The first-order valence-corrected chi connectivity index (χ1v) is 10.2. The third kappa shape index (κ3) is 3.68. The molecule has 0 spiro atoms. The minimum absolute atomic E-state index is 0.169. The van der Waals surface area contributed by atoms with Gasteiger partial charge in [-0.25, -0.2) is 12.8 Å². The van der Waals surface area contributed by atoms with Gasteiger partial charge in [0.2, 0.25) is 10.0 Å². The van der Waals surface area contributed by atoms with Crippen molar-refractivity contribution in [3.8, 4) is 11.1 Å².